The molecule has 0 radical (unpaired) electrons. The van der Waals surface area contributed by atoms with Crippen LogP contribution in [0.3, 0.4) is 0 Å². The first kappa shape index (κ1) is 17.6. The number of anilines is 1. The molecular formula is C19H27N5O. The van der Waals surface area contributed by atoms with Gasteiger partial charge in [0.25, 0.3) is 0 Å². The zero-order valence-electron chi connectivity index (χ0n) is 14.7. The molecule has 6 heteroatoms. The van der Waals surface area contributed by atoms with Gasteiger partial charge in [0.1, 0.15) is 5.82 Å². The van der Waals surface area contributed by atoms with Gasteiger partial charge in [-0.15, -0.1) is 0 Å². The summed E-state index contributed by atoms with van der Waals surface area (Å²) in [6.07, 6.45) is 7.16. The van der Waals surface area contributed by atoms with Crippen molar-refractivity contribution in [2.24, 2.45) is 5.73 Å². The minimum absolute atomic E-state index is 0.237. The smallest absolute Gasteiger partial charge is 0.354 e. The van der Waals surface area contributed by atoms with Gasteiger partial charge >= 0.3 is 5.69 Å². The number of nitrogens with zero attached hydrogens (tertiary/aromatic N) is 2. The third-order valence-corrected chi connectivity index (χ3v) is 4.87. The van der Waals surface area contributed by atoms with Crippen LogP contribution in [0.4, 0.5) is 5.82 Å². The van der Waals surface area contributed by atoms with E-state index >= 15 is 0 Å². The van der Waals surface area contributed by atoms with Gasteiger partial charge in [-0.2, -0.15) is 4.98 Å². The Bertz CT molecular complexity index is 747. The van der Waals surface area contributed by atoms with Gasteiger partial charge in [-0.05, 0) is 62.8 Å². The summed E-state index contributed by atoms with van der Waals surface area (Å²) in [5.74, 6) is 0.237. The second kappa shape index (κ2) is 7.80. The van der Waals surface area contributed by atoms with Gasteiger partial charge in [0.05, 0.1) is 5.69 Å². The molecule has 3 rings (SSSR count). The highest BCUT2D eigenvalue weighted by molar-refractivity contribution is 5.36. The van der Waals surface area contributed by atoms with E-state index in [-0.39, 0.29) is 11.5 Å². The lowest BCUT2D eigenvalue weighted by molar-refractivity contribution is 0.319. The van der Waals surface area contributed by atoms with Crippen molar-refractivity contribution in [3.8, 4) is 5.69 Å². The number of rotatable bonds is 5. The minimum Gasteiger partial charge on any atom is -0.383 e. The summed E-state index contributed by atoms with van der Waals surface area (Å²) >= 11 is 0. The molecule has 6 nitrogen and oxygen atoms in total. The monoisotopic (exact) mass is 341 g/mol. The summed E-state index contributed by atoms with van der Waals surface area (Å²) in [5, 5.41) is 3.71. The van der Waals surface area contributed by atoms with Crippen LogP contribution in [0, 0.1) is 0 Å². The maximum Gasteiger partial charge on any atom is 0.354 e. The Hall–Kier alpha value is -2.18. The average molecular weight is 341 g/mol. The molecule has 1 atom stereocenters. The Kier molecular flexibility index (Phi) is 5.50. The fourth-order valence-corrected chi connectivity index (χ4v) is 3.51. The lowest BCUT2D eigenvalue weighted by Crippen LogP contribution is -2.42. The van der Waals surface area contributed by atoms with E-state index in [4.69, 9.17) is 11.5 Å². The van der Waals surface area contributed by atoms with Crippen molar-refractivity contribution in [3.05, 3.63) is 52.6 Å². The number of hydrogen-bond donors (Lipinski definition) is 3. The molecule has 1 saturated carbocycles. The van der Waals surface area contributed by atoms with Gasteiger partial charge in [0.2, 0.25) is 0 Å². The zero-order chi connectivity index (χ0) is 17.8. The van der Waals surface area contributed by atoms with Gasteiger partial charge in [0, 0.05) is 24.3 Å². The predicted octanol–water partition coefficient (Wildman–Crippen LogP) is 1.61. The molecule has 0 amide bonds. The summed E-state index contributed by atoms with van der Waals surface area (Å²) in [6, 6.07) is 11.0. The van der Waals surface area contributed by atoms with Crippen molar-refractivity contribution >= 4 is 5.82 Å². The standard InChI is InChI=1S/C19H27N5O/c1-13(22-16-6-4-15(20)5-7-16)12-14-2-8-17(9-3-14)24-11-10-18(21)23-19(24)25/h2-3,8-11,13,15-16,22H,4-7,12,20H2,1H3,(H2,21,23,25)/t13?,15-,16+. The van der Waals surface area contributed by atoms with Crippen molar-refractivity contribution in [3.63, 3.8) is 0 Å². The molecule has 2 aromatic rings. The molecule has 1 unspecified atom stereocenters. The van der Waals surface area contributed by atoms with Crippen LogP contribution < -0.4 is 22.5 Å². The molecule has 0 aliphatic heterocycles. The van der Waals surface area contributed by atoms with Crippen LogP contribution in [-0.2, 0) is 6.42 Å². The van der Waals surface area contributed by atoms with Crippen LogP contribution in [0.25, 0.3) is 5.69 Å². The molecule has 1 heterocycles. The number of benzene rings is 1. The van der Waals surface area contributed by atoms with Crippen molar-refractivity contribution in [1.82, 2.24) is 14.9 Å². The molecule has 1 aromatic carbocycles. The Labute approximate surface area is 148 Å². The largest absolute Gasteiger partial charge is 0.383 e. The molecule has 5 N–H and O–H groups in total. The molecule has 25 heavy (non-hydrogen) atoms. The Morgan fingerprint density at radius 3 is 2.52 bits per heavy atom. The molecule has 0 bridgehead atoms. The Balaban J connectivity index is 1.59. The molecule has 0 spiro atoms. The zero-order valence-corrected chi connectivity index (χ0v) is 14.7. The summed E-state index contributed by atoms with van der Waals surface area (Å²) in [4.78, 5) is 15.7. The fraction of sp³-hybridized carbons (Fsp3) is 0.474. The number of nitrogens with two attached hydrogens (primary N) is 2. The van der Waals surface area contributed by atoms with Crippen molar-refractivity contribution < 1.29 is 0 Å². The molecule has 0 saturated heterocycles. The topological polar surface area (TPSA) is 99.0 Å². The highest BCUT2D eigenvalue weighted by Crippen LogP contribution is 2.18. The van der Waals surface area contributed by atoms with Gasteiger partial charge in [0.15, 0.2) is 0 Å². The quantitative estimate of drug-likeness (QED) is 0.767. The van der Waals surface area contributed by atoms with Crippen LogP contribution in [0.2, 0.25) is 0 Å². The summed E-state index contributed by atoms with van der Waals surface area (Å²) in [5.41, 5.74) is 13.2. The first-order valence-electron chi connectivity index (χ1n) is 8.97. The van der Waals surface area contributed by atoms with Crippen molar-refractivity contribution in [2.75, 3.05) is 5.73 Å². The van der Waals surface area contributed by atoms with E-state index in [2.05, 4.69) is 29.4 Å². The summed E-state index contributed by atoms with van der Waals surface area (Å²) in [7, 11) is 0. The van der Waals surface area contributed by atoms with E-state index in [0.717, 1.165) is 37.8 Å². The minimum atomic E-state index is -0.363. The van der Waals surface area contributed by atoms with Crippen LogP contribution >= 0.6 is 0 Å². The SMILES string of the molecule is CC(Cc1ccc(-n2ccc(N)nc2=O)cc1)N[C@H]1CC[C@@H](N)CC1. The molecular weight excluding hydrogens is 314 g/mol. The first-order chi connectivity index (χ1) is 12.0. The van der Waals surface area contributed by atoms with E-state index in [9.17, 15) is 4.79 Å². The average Bonchev–Trinajstić information content (AvgIpc) is 2.58. The highest BCUT2D eigenvalue weighted by Gasteiger charge is 2.19. The van der Waals surface area contributed by atoms with Gasteiger partial charge < -0.3 is 16.8 Å². The lowest BCUT2D eigenvalue weighted by atomic mass is 9.91. The van der Waals surface area contributed by atoms with Crippen molar-refractivity contribution in [1.29, 1.82) is 0 Å². The van der Waals surface area contributed by atoms with Gasteiger partial charge in [-0.1, -0.05) is 12.1 Å². The summed E-state index contributed by atoms with van der Waals surface area (Å²) < 4.78 is 1.49. The normalized spacial score (nSPS) is 21.8. The van der Waals surface area contributed by atoms with E-state index in [1.54, 1.807) is 12.3 Å². The maximum absolute atomic E-state index is 11.9. The van der Waals surface area contributed by atoms with Gasteiger partial charge in [-0.25, -0.2) is 4.79 Å². The molecule has 1 aliphatic carbocycles. The van der Waals surface area contributed by atoms with Crippen LogP contribution in [0.15, 0.2) is 41.3 Å². The van der Waals surface area contributed by atoms with Crippen LogP contribution in [0.5, 0.6) is 0 Å². The van der Waals surface area contributed by atoms with E-state index in [0.29, 0.717) is 18.1 Å². The summed E-state index contributed by atoms with van der Waals surface area (Å²) in [6.45, 7) is 2.22. The number of nitrogens with one attached hydrogen (secondary N) is 1. The lowest BCUT2D eigenvalue weighted by Gasteiger charge is -2.29. The number of hydrogen-bond acceptors (Lipinski definition) is 5. The Morgan fingerprint density at radius 1 is 1.20 bits per heavy atom. The second-order valence-corrected chi connectivity index (χ2v) is 7.05. The van der Waals surface area contributed by atoms with E-state index in [1.165, 1.54) is 10.1 Å². The number of aromatic nitrogens is 2. The predicted molar refractivity (Wildman–Crippen MR) is 101 cm³/mol. The molecule has 1 aliphatic rings. The van der Waals surface area contributed by atoms with Crippen LogP contribution in [0.1, 0.15) is 38.2 Å². The molecule has 134 valence electrons. The Morgan fingerprint density at radius 2 is 1.88 bits per heavy atom. The number of nitrogen functional groups attached to an aromatic ring is 1. The molecule has 1 aromatic heterocycles. The highest BCUT2D eigenvalue weighted by atomic mass is 16.1. The second-order valence-electron chi connectivity index (χ2n) is 7.05. The van der Waals surface area contributed by atoms with E-state index < -0.39 is 0 Å². The third-order valence-electron chi connectivity index (χ3n) is 4.87. The van der Waals surface area contributed by atoms with Crippen molar-refractivity contribution in [2.45, 2.75) is 57.2 Å². The fourth-order valence-electron chi connectivity index (χ4n) is 3.51. The van der Waals surface area contributed by atoms with Gasteiger partial charge in [-0.3, -0.25) is 4.57 Å². The third kappa shape index (κ3) is 4.67. The first-order valence-corrected chi connectivity index (χ1v) is 8.97. The molecule has 1 fully saturated rings. The van der Waals surface area contributed by atoms with E-state index in [1.807, 2.05) is 12.1 Å². The maximum atomic E-state index is 11.9. The van der Waals surface area contributed by atoms with Crippen LogP contribution in [-0.4, -0.2) is 27.7 Å².